The van der Waals surface area contributed by atoms with E-state index in [0.717, 1.165) is 25.1 Å². The van der Waals surface area contributed by atoms with Gasteiger partial charge >= 0.3 is 0 Å². The molecule has 0 bridgehead atoms. The van der Waals surface area contributed by atoms with Gasteiger partial charge < -0.3 is 10.2 Å². The van der Waals surface area contributed by atoms with Gasteiger partial charge in [0.25, 0.3) is 5.91 Å². The van der Waals surface area contributed by atoms with Crippen molar-refractivity contribution in [3.63, 3.8) is 0 Å². The predicted octanol–water partition coefficient (Wildman–Crippen LogP) is 3.03. The fourth-order valence-electron chi connectivity index (χ4n) is 3.21. The summed E-state index contributed by atoms with van der Waals surface area (Å²) in [5.74, 6) is 0.527. The van der Waals surface area contributed by atoms with Crippen LogP contribution in [0.3, 0.4) is 0 Å². The highest BCUT2D eigenvalue weighted by Gasteiger charge is 2.35. The lowest BCUT2D eigenvalue weighted by atomic mass is 9.93. The zero-order chi connectivity index (χ0) is 20.2. The van der Waals surface area contributed by atoms with Gasteiger partial charge in [-0.1, -0.05) is 32.1 Å². The number of rotatable bonds is 6. The first kappa shape index (κ1) is 21.2. The Balaban J connectivity index is 2.09. The van der Waals surface area contributed by atoms with Gasteiger partial charge in [0.05, 0.1) is 5.54 Å². The SMILES string of the molecule is CC(C)CNC(=O)C(C)(C)N1CC=C(c2cccc(C(=O)N(C)C)c2)CC1. The molecule has 0 aromatic heterocycles. The molecular weight excluding hydrogens is 338 g/mol. The molecule has 0 atom stereocenters. The topological polar surface area (TPSA) is 52.7 Å². The third-order valence-corrected chi connectivity index (χ3v) is 5.11. The summed E-state index contributed by atoms with van der Waals surface area (Å²) in [5, 5.41) is 3.05. The highest BCUT2D eigenvalue weighted by Crippen LogP contribution is 2.27. The van der Waals surface area contributed by atoms with Crippen LogP contribution in [0.15, 0.2) is 30.3 Å². The Labute approximate surface area is 163 Å². The van der Waals surface area contributed by atoms with Crippen LogP contribution in [0.2, 0.25) is 0 Å². The van der Waals surface area contributed by atoms with E-state index in [1.165, 1.54) is 5.57 Å². The number of nitrogens with one attached hydrogen (secondary N) is 1. The number of hydrogen-bond donors (Lipinski definition) is 1. The van der Waals surface area contributed by atoms with E-state index in [9.17, 15) is 9.59 Å². The first-order chi connectivity index (χ1) is 12.6. The van der Waals surface area contributed by atoms with E-state index in [1.807, 2.05) is 32.0 Å². The fourth-order valence-corrected chi connectivity index (χ4v) is 3.21. The van der Waals surface area contributed by atoms with Crippen molar-refractivity contribution in [3.8, 4) is 0 Å². The maximum absolute atomic E-state index is 12.6. The first-order valence-electron chi connectivity index (χ1n) is 9.67. The average molecular weight is 372 g/mol. The molecule has 1 aromatic rings. The van der Waals surface area contributed by atoms with Crippen molar-refractivity contribution < 1.29 is 9.59 Å². The molecule has 0 fully saturated rings. The molecule has 1 aliphatic rings. The second kappa shape index (κ2) is 8.70. The average Bonchev–Trinajstić information content (AvgIpc) is 2.65. The van der Waals surface area contributed by atoms with Crippen LogP contribution < -0.4 is 5.32 Å². The largest absolute Gasteiger partial charge is 0.354 e. The zero-order valence-corrected chi connectivity index (χ0v) is 17.5. The molecule has 2 amide bonds. The van der Waals surface area contributed by atoms with Crippen LogP contribution in [-0.2, 0) is 4.79 Å². The van der Waals surface area contributed by atoms with Gasteiger partial charge in [0.1, 0.15) is 0 Å². The monoisotopic (exact) mass is 371 g/mol. The van der Waals surface area contributed by atoms with Crippen molar-refractivity contribution in [1.29, 1.82) is 0 Å². The lowest BCUT2D eigenvalue weighted by Gasteiger charge is -2.39. The Hall–Kier alpha value is -2.14. The van der Waals surface area contributed by atoms with Crippen LogP contribution in [0, 0.1) is 5.92 Å². The number of benzene rings is 1. The molecule has 5 heteroatoms. The van der Waals surface area contributed by atoms with E-state index < -0.39 is 5.54 Å². The van der Waals surface area contributed by atoms with E-state index in [2.05, 4.69) is 36.2 Å². The second-order valence-electron chi connectivity index (χ2n) is 8.37. The molecule has 1 aromatic carbocycles. The van der Waals surface area contributed by atoms with Crippen molar-refractivity contribution in [3.05, 3.63) is 41.5 Å². The summed E-state index contributed by atoms with van der Waals surface area (Å²) in [4.78, 5) is 28.6. The van der Waals surface area contributed by atoms with E-state index in [0.29, 0.717) is 18.0 Å². The van der Waals surface area contributed by atoms with Gasteiger partial charge in [0.2, 0.25) is 5.91 Å². The number of hydrogen-bond acceptors (Lipinski definition) is 3. The molecule has 0 saturated carbocycles. The Morgan fingerprint density at radius 2 is 1.96 bits per heavy atom. The standard InChI is InChI=1S/C22H33N3O2/c1-16(2)15-23-21(27)22(3,4)25-12-10-17(11-13-25)18-8-7-9-19(14-18)20(26)24(5)6/h7-10,14,16H,11-13,15H2,1-6H3,(H,23,27). The van der Waals surface area contributed by atoms with Crippen LogP contribution in [0.1, 0.15) is 50.0 Å². The number of nitrogens with zero attached hydrogens (tertiary/aromatic N) is 2. The minimum atomic E-state index is -0.542. The maximum Gasteiger partial charge on any atom is 0.253 e. The van der Waals surface area contributed by atoms with E-state index in [-0.39, 0.29) is 11.8 Å². The van der Waals surface area contributed by atoms with Crippen molar-refractivity contribution in [1.82, 2.24) is 15.1 Å². The van der Waals surface area contributed by atoms with Crippen molar-refractivity contribution in [2.45, 2.75) is 39.7 Å². The molecule has 0 aliphatic carbocycles. The number of carbonyl (C=O) groups excluding carboxylic acids is 2. The summed E-state index contributed by atoms with van der Waals surface area (Å²) >= 11 is 0. The molecule has 5 nitrogen and oxygen atoms in total. The van der Waals surface area contributed by atoms with Gasteiger partial charge in [-0.3, -0.25) is 14.5 Å². The minimum absolute atomic E-state index is 0.0119. The Morgan fingerprint density at radius 3 is 2.52 bits per heavy atom. The molecule has 1 N–H and O–H groups in total. The lowest BCUT2D eigenvalue weighted by molar-refractivity contribution is -0.131. The van der Waals surface area contributed by atoms with Gasteiger partial charge in [-0.2, -0.15) is 0 Å². The summed E-state index contributed by atoms with van der Waals surface area (Å²) in [6, 6.07) is 7.80. The molecule has 0 unspecified atom stereocenters. The highest BCUT2D eigenvalue weighted by atomic mass is 16.2. The Morgan fingerprint density at radius 1 is 1.26 bits per heavy atom. The summed E-state index contributed by atoms with van der Waals surface area (Å²) < 4.78 is 0. The third-order valence-electron chi connectivity index (χ3n) is 5.11. The lowest BCUT2D eigenvalue weighted by Crippen LogP contribution is -2.56. The van der Waals surface area contributed by atoms with Crippen LogP contribution >= 0.6 is 0 Å². The quantitative estimate of drug-likeness (QED) is 0.836. The van der Waals surface area contributed by atoms with Gasteiger partial charge in [0, 0.05) is 39.3 Å². The second-order valence-corrected chi connectivity index (χ2v) is 8.37. The zero-order valence-electron chi connectivity index (χ0n) is 17.5. The van der Waals surface area contributed by atoms with Gasteiger partial charge in [-0.05, 0) is 49.5 Å². The van der Waals surface area contributed by atoms with E-state index >= 15 is 0 Å². The molecular formula is C22H33N3O2. The smallest absolute Gasteiger partial charge is 0.253 e. The molecule has 0 radical (unpaired) electrons. The molecule has 0 spiro atoms. The molecule has 2 rings (SSSR count). The minimum Gasteiger partial charge on any atom is -0.354 e. The molecule has 1 aliphatic heterocycles. The van der Waals surface area contributed by atoms with Crippen LogP contribution in [-0.4, -0.2) is 60.9 Å². The summed E-state index contributed by atoms with van der Waals surface area (Å²) in [6.45, 7) is 10.4. The normalized spacial score (nSPS) is 15.4. The molecule has 0 saturated heterocycles. The van der Waals surface area contributed by atoms with Crippen LogP contribution in [0.4, 0.5) is 0 Å². The summed E-state index contributed by atoms with van der Waals surface area (Å²) in [7, 11) is 3.53. The van der Waals surface area contributed by atoms with Gasteiger partial charge in [0.15, 0.2) is 0 Å². The summed E-state index contributed by atoms with van der Waals surface area (Å²) in [5.41, 5.74) is 2.48. The summed E-state index contributed by atoms with van der Waals surface area (Å²) in [6.07, 6.45) is 3.04. The third kappa shape index (κ3) is 5.19. The van der Waals surface area contributed by atoms with Crippen LogP contribution in [0.25, 0.3) is 5.57 Å². The highest BCUT2D eigenvalue weighted by molar-refractivity contribution is 5.94. The molecule has 148 valence electrons. The molecule has 1 heterocycles. The van der Waals surface area contributed by atoms with Gasteiger partial charge in [-0.15, -0.1) is 0 Å². The van der Waals surface area contributed by atoms with Crippen LogP contribution in [0.5, 0.6) is 0 Å². The molecule has 27 heavy (non-hydrogen) atoms. The Kier molecular flexibility index (Phi) is 6.82. The number of amides is 2. The first-order valence-corrected chi connectivity index (χ1v) is 9.67. The van der Waals surface area contributed by atoms with Crippen molar-refractivity contribution >= 4 is 17.4 Å². The fraction of sp³-hybridized carbons (Fsp3) is 0.545. The predicted molar refractivity (Wildman–Crippen MR) is 111 cm³/mol. The Bertz CT molecular complexity index is 720. The maximum atomic E-state index is 12.6. The van der Waals surface area contributed by atoms with Crippen molar-refractivity contribution in [2.24, 2.45) is 5.92 Å². The number of carbonyl (C=O) groups is 2. The van der Waals surface area contributed by atoms with Crippen molar-refractivity contribution in [2.75, 3.05) is 33.7 Å². The van der Waals surface area contributed by atoms with E-state index in [1.54, 1.807) is 19.0 Å². The van der Waals surface area contributed by atoms with Gasteiger partial charge in [-0.25, -0.2) is 0 Å². The van der Waals surface area contributed by atoms with E-state index in [4.69, 9.17) is 0 Å².